The second-order valence-electron chi connectivity index (χ2n) is 7.01. The van der Waals surface area contributed by atoms with Gasteiger partial charge in [0, 0.05) is 11.6 Å². The maximum absolute atomic E-state index is 12.9. The Balaban J connectivity index is 2.31. The van der Waals surface area contributed by atoms with E-state index in [9.17, 15) is 10.1 Å². The van der Waals surface area contributed by atoms with Gasteiger partial charge < -0.3 is 0 Å². The molecule has 0 unspecified atom stereocenters. The van der Waals surface area contributed by atoms with E-state index in [1.54, 1.807) is 13.0 Å². The van der Waals surface area contributed by atoms with Gasteiger partial charge in [0.25, 0.3) is 0 Å². The van der Waals surface area contributed by atoms with Crippen molar-refractivity contribution in [1.82, 2.24) is 9.97 Å². The molecule has 0 radical (unpaired) electrons. The van der Waals surface area contributed by atoms with Crippen molar-refractivity contribution < 1.29 is 4.79 Å². The lowest BCUT2D eigenvalue weighted by molar-refractivity contribution is -0.121. The smallest absolute Gasteiger partial charge is 0.160 e. The number of nitriles is 1. The Bertz CT molecular complexity index is 658. The Kier molecular flexibility index (Phi) is 4.19. The predicted octanol–water partition coefficient (Wildman–Crippen LogP) is 3.51. The van der Waals surface area contributed by atoms with Crippen LogP contribution in [0.5, 0.6) is 0 Å². The largest absolute Gasteiger partial charge is 0.297 e. The molecule has 1 aliphatic carbocycles. The molecule has 0 aromatic carbocycles. The van der Waals surface area contributed by atoms with Crippen LogP contribution in [0.25, 0.3) is 0 Å². The molecule has 0 bridgehead atoms. The Morgan fingerprint density at radius 3 is 2.50 bits per heavy atom. The number of hydrogen-bond acceptors (Lipinski definition) is 4. The second kappa shape index (κ2) is 5.64. The molecule has 0 spiro atoms. The van der Waals surface area contributed by atoms with Crippen molar-refractivity contribution in [2.24, 2.45) is 17.3 Å². The molecule has 2 rings (SSSR count). The van der Waals surface area contributed by atoms with Gasteiger partial charge in [-0.3, -0.25) is 4.79 Å². The van der Waals surface area contributed by atoms with Crippen molar-refractivity contribution in [3.8, 4) is 6.07 Å². The number of ketones is 1. The number of aryl methyl sites for hydroxylation is 2. The average molecular weight is 297 g/mol. The van der Waals surface area contributed by atoms with Crippen molar-refractivity contribution >= 4 is 5.78 Å². The molecule has 4 heteroatoms. The van der Waals surface area contributed by atoms with E-state index in [0.717, 1.165) is 5.69 Å². The fourth-order valence-corrected chi connectivity index (χ4v) is 3.24. The minimum atomic E-state index is -0.805. The Labute approximate surface area is 132 Å². The van der Waals surface area contributed by atoms with Gasteiger partial charge in [-0.1, -0.05) is 25.5 Å². The minimum absolute atomic E-state index is 0.0208. The highest BCUT2D eigenvalue weighted by molar-refractivity contribution is 5.93. The SMILES string of the molecule is CC(C)=C[C@@H]1[C@H](C(=O)[C@H](C#N)c2cc(C)nc(C)n2)C1(C)C. The third-order valence-electron chi connectivity index (χ3n) is 4.43. The van der Waals surface area contributed by atoms with Crippen LogP contribution < -0.4 is 0 Å². The standard InChI is InChI=1S/C18H23N3O/c1-10(2)7-14-16(18(14,5)6)17(22)13(9-19)15-8-11(3)20-12(4)21-15/h7-8,13-14,16H,1-6H3/t13-,14-,16-/m1/s1. The van der Waals surface area contributed by atoms with E-state index in [1.165, 1.54) is 5.57 Å². The van der Waals surface area contributed by atoms with Gasteiger partial charge in [-0.2, -0.15) is 5.26 Å². The zero-order chi connectivity index (χ0) is 16.7. The Morgan fingerprint density at radius 1 is 1.36 bits per heavy atom. The molecule has 3 atom stereocenters. The van der Waals surface area contributed by atoms with Crippen molar-refractivity contribution in [3.05, 3.63) is 34.9 Å². The van der Waals surface area contributed by atoms with Crippen LogP contribution in [0.15, 0.2) is 17.7 Å². The molecule has 1 aromatic heterocycles. The van der Waals surface area contributed by atoms with E-state index in [2.05, 4.69) is 36.0 Å². The van der Waals surface area contributed by atoms with Crippen LogP contribution in [0.4, 0.5) is 0 Å². The number of aromatic nitrogens is 2. The van der Waals surface area contributed by atoms with Crippen LogP contribution >= 0.6 is 0 Å². The van der Waals surface area contributed by atoms with Crippen LogP contribution in [0.2, 0.25) is 0 Å². The van der Waals surface area contributed by atoms with Crippen molar-refractivity contribution in [1.29, 1.82) is 5.26 Å². The molecule has 1 saturated carbocycles. The van der Waals surface area contributed by atoms with Crippen LogP contribution in [0.1, 0.15) is 50.8 Å². The first-order chi connectivity index (χ1) is 10.2. The quantitative estimate of drug-likeness (QED) is 0.798. The fourth-order valence-electron chi connectivity index (χ4n) is 3.24. The summed E-state index contributed by atoms with van der Waals surface area (Å²) >= 11 is 0. The van der Waals surface area contributed by atoms with E-state index < -0.39 is 5.92 Å². The van der Waals surface area contributed by atoms with Gasteiger partial charge in [0.05, 0.1) is 11.8 Å². The number of rotatable bonds is 4. The topological polar surface area (TPSA) is 66.6 Å². The van der Waals surface area contributed by atoms with Crippen LogP contribution in [0.3, 0.4) is 0 Å². The summed E-state index contributed by atoms with van der Waals surface area (Å²) in [6, 6.07) is 3.89. The van der Waals surface area contributed by atoms with E-state index in [-0.39, 0.29) is 23.0 Å². The number of hydrogen-bond donors (Lipinski definition) is 0. The normalized spacial score (nSPS) is 23.3. The molecule has 1 fully saturated rings. The summed E-state index contributed by atoms with van der Waals surface area (Å²) in [6.45, 7) is 11.9. The van der Waals surface area contributed by atoms with Crippen LogP contribution in [0, 0.1) is 42.4 Å². The van der Waals surface area contributed by atoms with E-state index in [0.29, 0.717) is 11.5 Å². The van der Waals surface area contributed by atoms with Crippen molar-refractivity contribution in [2.75, 3.05) is 0 Å². The maximum Gasteiger partial charge on any atom is 0.160 e. The van der Waals surface area contributed by atoms with E-state index in [4.69, 9.17) is 0 Å². The van der Waals surface area contributed by atoms with Crippen molar-refractivity contribution in [3.63, 3.8) is 0 Å². The zero-order valence-corrected chi connectivity index (χ0v) is 14.1. The number of allylic oxidation sites excluding steroid dienone is 2. The van der Waals surface area contributed by atoms with Gasteiger partial charge >= 0.3 is 0 Å². The summed E-state index contributed by atoms with van der Waals surface area (Å²) in [6.07, 6.45) is 2.15. The van der Waals surface area contributed by atoms with Gasteiger partial charge in [-0.15, -0.1) is 0 Å². The lowest BCUT2D eigenvalue weighted by Crippen LogP contribution is -2.18. The first-order valence-corrected chi connectivity index (χ1v) is 7.59. The minimum Gasteiger partial charge on any atom is -0.297 e. The monoisotopic (exact) mass is 297 g/mol. The molecule has 22 heavy (non-hydrogen) atoms. The molecule has 4 nitrogen and oxygen atoms in total. The summed E-state index contributed by atoms with van der Waals surface area (Å²) in [7, 11) is 0. The first-order valence-electron chi connectivity index (χ1n) is 7.59. The van der Waals surface area contributed by atoms with Gasteiger partial charge in [-0.05, 0) is 45.1 Å². The highest BCUT2D eigenvalue weighted by Gasteiger charge is 2.61. The second-order valence-corrected chi connectivity index (χ2v) is 7.01. The maximum atomic E-state index is 12.9. The third kappa shape index (κ3) is 2.94. The van der Waals surface area contributed by atoms with Gasteiger partial charge in [0.15, 0.2) is 5.78 Å². The molecule has 116 valence electrons. The van der Waals surface area contributed by atoms with Gasteiger partial charge in [0.2, 0.25) is 0 Å². The Morgan fingerprint density at radius 2 is 2.00 bits per heavy atom. The summed E-state index contributed by atoms with van der Waals surface area (Å²) in [5.74, 6) is -0.126. The predicted molar refractivity (Wildman–Crippen MR) is 85.1 cm³/mol. The number of carbonyl (C=O) groups is 1. The molecule has 1 heterocycles. The molecular formula is C18H23N3O. The third-order valence-corrected chi connectivity index (χ3v) is 4.43. The van der Waals surface area contributed by atoms with E-state index in [1.807, 2.05) is 20.8 Å². The number of Topliss-reactive ketones (excluding diaryl/α,β-unsaturated/α-hetero) is 1. The molecule has 0 saturated heterocycles. The lowest BCUT2D eigenvalue weighted by atomic mass is 9.94. The van der Waals surface area contributed by atoms with Gasteiger partial charge in [0.1, 0.15) is 11.7 Å². The number of carbonyl (C=O) groups excluding carboxylic acids is 1. The molecule has 0 amide bonds. The summed E-state index contributed by atoms with van der Waals surface area (Å²) in [4.78, 5) is 21.4. The van der Waals surface area contributed by atoms with E-state index >= 15 is 0 Å². The average Bonchev–Trinajstić information content (AvgIpc) is 2.89. The zero-order valence-electron chi connectivity index (χ0n) is 14.1. The van der Waals surface area contributed by atoms with Crippen LogP contribution in [-0.2, 0) is 4.79 Å². The highest BCUT2D eigenvalue weighted by Crippen LogP contribution is 2.60. The van der Waals surface area contributed by atoms with Crippen LogP contribution in [-0.4, -0.2) is 15.8 Å². The molecule has 1 aliphatic rings. The van der Waals surface area contributed by atoms with Gasteiger partial charge in [-0.25, -0.2) is 9.97 Å². The highest BCUT2D eigenvalue weighted by atomic mass is 16.1. The number of nitrogens with zero attached hydrogens (tertiary/aromatic N) is 3. The first kappa shape index (κ1) is 16.4. The molecule has 0 N–H and O–H groups in total. The molecular weight excluding hydrogens is 274 g/mol. The summed E-state index contributed by atoms with van der Waals surface area (Å²) in [5.41, 5.74) is 2.43. The Hall–Kier alpha value is -2.02. The molecule has 1 aromatic rings. The summed E-state index contributed by atoms with van der Waals surface area (Å²) in [5, 5.41) is 9.50. The fraction of sp³-hybridized carbons (Fsp3) is 0.556. The molecule has 0 aliphatic heterocycles. The lowest BCUT2D eigenvalue weighted by Gasteiger charge is -2.10. The summed E-state index contributed by atoms with van der Waals surface area (Å²) < 4.78 is 0. The van der Waals surface area contributed by atoms with Crippen molar-refractivity contribution in [2.45, 2.75) is 47.5 Å².